The molecule has 0 aliphatic carbocycles. The topological polar surface area (TPSA) is 37.6 Å². The number of halogens is 1. The van der Waals surface area contributed by atoms with Gasteiger partial charge in [0.15, 0.2) is 4.96 Å². The van der Waals surface area contributed by atoms with Crippen molar-refractivity contribution in [2.75, 3.05) is 19.6 Å². The number of aromatic nitrogens is 2. The minimum atomic E-state index is -0.216. The van der Waals surface area contributed by atoms with Crippen molar-refractivity contribution in [3.63, 3.8) is 0 Å². The van der Waals surface area contributed by atoms with Gasteiger partial charge in [-0.05, 0) is 48.1 Å². The van der Waals surface area contributed by atoms with Crippen LogP contribution >= 0.6 is 11.3 Å². The van der Waals surface area contributed by atoms with E-state index in [1.165, 1.54) is 40.2 Å². The summed E-state index contributed by atoms with van der Waals surface area (Å²) in [5.41, 5.74) is 5.65. The first kappa shape index (κ1) is 20.8. The highest BCUT2D eigenvalue weighted by Crippen LogP contribution is 2.32. The summed E-state index contributed by atoms with van der Waals surface area (Å²) in [6.45, 7) is 2.74. The molecule has 0 saturated carbocycles. The second-order valence-corrected chi connectivity index (χ2v) is 8.96. The van der Waals surface area contributed by atoms with Gasteiger partial charge in [-0.1, -0.05) is 48.0 Å². The van der Waals surface area contributed by atoms with Gasteiger partial charge in [-0.3, -0.25) is 9.20 Å². The Bertz CT molecular complexity index is 1300. The molecule has 0 unspecified atom stereocenters. The molecular formula is C26H24FN3OS. The average molecular weight is 446 g/mol. The third-order valence-corrected chi connectivity index (χ3v) is 6.89. The number of hydrogen-bond acceptors (Lipinski definition) is 4. The number of thiazole rings is 1. The van der Waals surface area contributed by atoms with Gasteiger partial charge in [0, 0.05) is 43.0 Å². The number of nitrogens with zero attached hydrogens (tertiary/aromatic N) is 3. The van der Waals surface area contributed by atoms with Crippen LogP contribution in [0.3, 0.4) is 0 Å². The molecule has 0 N–H and O–H groups in total. The Hall–Kier alpha value is -3.09. The quantitative estimate of drug-likeness (QED) is 0.432. The van der Waals surface area contributed by atoms with E-state index in [1.54, 1.807) is 16.8 Å². The molecule has 4 aromatic rings. The molecule has 0 spiro atoms. The molecule has 1 aliphatic rings. The molecule has 1 saturated heterocycles. The Morgan fingerprint density at radius 2 is 1.72 bits per heavy atom. The predicted octanol–water partition coefficient (Wildman–Crippen LogP) is 5.04. The molecule has 2 aromatic heterocycles. The van der Waals surface area contributed by atoms with E-state index in [-0.39, 0.29) is 11.4 Å². The maximum atomic E-state index is 13.5. The van der Waals surface area contributed by atoms with E-state index in [0.717, 1.165) is 48.6 Å². The summed E-state index contributed by atoms with van der Waals surface area (Å²) in [7, 11) is 0. The van der Waals surface area contributed by atoms with Gasteiger partial charge < -0.3 is 4.90 Å². The summed E-state index contributed by atoms with van der Waals surface area (Å²) < 4.78 is 15.1. The lowest BCUT2D eigenvalue weighted by atomic mass is 9.88. The molecule has 0 radical (unpaired) electrons. The second-order valence-electron chi connectivity index (χ2n) is 8.09. The van der Waals surface area contributed by atoms with E-state index in [1.807, 2.05) is 35.7 Å². The molecule has 32 heavy (non-hydrogen) atoms. The van der Waals surface area contributed by atoms with Gasteiger partial charge in [0.2, 0.25) is 0 Å². The Kier molecular flexibility index (Phi) is 5.97. The average Bonchev–Trinajstić information content (AvgIpc) is 3.32. The highest BCUT2D eigenvalue weighted by Gasteiger charge is 2.19. The summed E-state index contributed by atoms with van der Waals surface area (Å²) in [6, 6.07) is 17.2. The van der Waals surface area contributed by atoms with Gasteiger partial charge in [0.25, 0.3) is 5.56 Å². The Labute approximate surface area is 190 Å². The standard InChI is InChI=1S/C26H24FN3OS/c27-23-8-6-20(7-9-23)24(19-4-2-1-3-5-19)21-10-13-29(14-11-21)15-12-22-18-28-26-30(25(22)31)16-17-32-26/h1-9,16-18H,10-15H2. The van der Waals surface area contributed by atoms with Gasteiger partial charge in [-0.15, -0.1) is 11.3 Å². The molecule has 1 aliphatic heterocycles. The fourth-order valence-electron chi connectivity index (χ4n) is 4.41. The minimum Gasteiger partial charge on any atom is -0.302 e. The molecule has 162 valence electrons. The van der Waals surface area contributed by atoms with Crippen LogP contribution in [0.1, 0.15) is 29.5 Å². The Balaban J connectivity index is 1.32. The van der Waals surface area contributed by atoms with Crippen LogP contribution in [-0.4, -0.2) is 33.9 Å². The fraction of sp³-hybridized carbons (Fsp3) is 0.231. The van der Waals surface area contributed by atoms with Crippen LogP contribution in [0.4, 0.5) is 4.39 Å². The van der Waals surface area contributed by atoms with Crippen LogP contribution in [0, 0.1) is 5.82 Å². The van der Waals surface area contributed by atoms with Crippen LogP contribution in [0.2, 0.25) is 0 Å². The van der Waals surface area contributed by atoms with Crippen molar-refractivity contribution in [3.8, 4) is 0 Å². The van der Waals surface area contributed by atoms with Crippen LogP contribution in [0.5, 0.6) is 0 Å². The zero-order valence-electron chi connectivity index (χ0n) is 17.7. The lowest BCUT2D eigenvalue weighted by Crippen LogP contribution is -2.34. The first-order chi connectivity index (χ1) is 15.7. The summed E-state index contributed by atoms with van der Waals surface area (Å²) in [5.74, 6) is -0.216. The van der Waals surface area contributed by atoms with Crippen molar-refractivity contribution in [1.82, 2.24) is 14.3 Å². The summed E-state index contributed by atoms with van der Waals surface area (Å²) >= 11 is 1.47. The van der Waals surface area contributed by atoms with E-state index in [0.29, 0.717) is 6.42 Å². The highest BCUT2D eigenvalue weighted by atomic mass is 32.1. The monoisotopic (exact) mass is 445 g/mol. The lowest BCUT2D eigenvalue weighted by Gasteiger charge is -2.30. The summed E-state index contributed by atoms with van der Waals surface area (Å²) in [5, 5.41) is 1.89. The van der Waals surface area contributed by atoms with Crippen molar-refractivity contribution in [2.45, 2.75) is 19.3 Å². The third-order valence-electron chi connectivity index (χ3n) is 6.12. The van der Waals surface area contributed by atoms with Crippen molar-refractivity contribution in [1.29, 1.82) is 0 Å². The van der Waals surface area contributed by atoms with Crippen molar-refractivity contribution >= 4 is 21.9 Å². The Morgan fingerprint density at radius 1 is 1.00 bits per heavy atom. The van der Waals surface area contributed by atoms with E-state index < -0.39 is 0 Å². The smallest absolute Gasteiger partial charge is 0.261 e. The zero-order chi connectivity index (χ0) is 21.9. The molecule has 5 rings (SSSR count). The molecule has 2 aromatic carbocycles. The number of rotatable bonds is 5. The highest BCUT2D eigenvalue weighted by molar-refractivity contribution is 7.15. The van der Waals surface area contributed by atoms with Crippen molar-refractivity contribution < 1.29 is 4.39 Å². The van der Waals surface area contributed by atoms with Gasteiger partial charge in [-0.2, -0.15) is 0 Å². The van der Waals surface area contributed by atoms with Crippen molar-refractivity contribution in [2.24, 2.45) is 0 Å². The number of likely N-dealkylation sites (tertiary alicyclic amines) is 1. The second kappa shape index (κ2) is 9.18. The maximum absolute atomic E-state index is 13.5. The Morgan fingerprint density at radius 3 is 2.47 bits per heavy atom. The molecule has 6 heteroatoms. The SMILES string of the molecule is O=c1c(CCN2CCC(=C(c3ccccc3)c3ccc(F)cc3)CC2)cnc2sccn12. The largest absolute Gasteiger partial charge is 0.302 e. The molecule has 3 heterocycles. The third kappa shape index (κ3) is 4.29. The van der Waals surface area contributed by atoms with Crippen LogP contribution in [-0.2, 0) is 6.42 Å². The molecule has 1 fully saturated rings. The maximum Gasteiger partial charge on any atom is 0.261 e. The summed E-state index contributed by atoms with van der Waals surface area (Å²) in [4.78, 5) is 20.2. The normalized spacial score (nSPS) is 14.7. The first-order valence-corrected chi connectivity index (χ1v) is 11.8. The predicted molar refractivity (Wildman–Crippen MR) is 128 cm³/mol. The van der Waals surface area contributed by atoms with Gasteiger partial charge >= 0.3 is 0 Å². The molecule has 4 nitrogen and oxygen atoms in total. The van der Waals surface area contributed by atoms with Crippen molar-refractivity contribution in [3.05, 3.63) is 111 Å². The molecule has 0 amide bonds. The minimum absolute atomic E-state index is 0.0384. The lowest BCUT2D eigenvalue weighted by molar-refractivity contribution is 0.259. The van der Waals surface area contributed by atoms with Crippen LogP contribution in [0.15, 0.2) is 82.7 Å². The van der Waals surface area contributed by atoms with Crippen LogP contribution in [0.25, 0.3) is 10.5 Å². The fourth-order valence-corrected chi connectivity index (χ4v) is 5.08. The summed E-state index contributed by atoms with van der Waals surface area (Å²) in [6.07, 6.45) is 6.14. The van der Waals surface area contributed by atoms with Gasteiger partial charge in [0.1, 0.15) is 5.82 Å². The van der Waals surface area contributed by atoms with E-state index >= 15 is 0 Å². The van der Waals surface area contributed by atoms with E-state index in [2.05, 4.69) is 22.0 Å². The number of hydrogen-bond donors (Lipinski definition) is 0. The number of fused-ring (bicyclic) bond motifs is 1. The molecule has 0 atom stereocenters. The number of benzene rings is 2. The molecular weight excluding hydrogens is 421 g/mol. The number of piperidine rings is 1. The van der Waals surface area contributed by atoms with E-state index in [9.17, 15) is 9.18 Å². The van der Waals surface area contributed by atoms with Gasteiger partial charge in [0.05, 0.1) is 0 Å². The van der Waals surface area contributed by atoms with E-state index in [4.69, 9.17) is 0 Å². The van der Waals surface area contributed by atoms with Crippen LogP contribution < -0.4 is 5.56 Å². The first-order valence-electron chi connectivity index (χ1n) is 10.9. The zero-order valence-corrected chi connectivity index (χ0v) is 18.5. The molecule has 0 bridgehead atoms. The van der Waals surface area contributed by atoms with Gasteiger partial charge in [-0.25, -0.2) is 9.37 Å².